The number of rotatable bonds is 5. The molecule has 0 spiro atoms. The fourth-order valence-corrected chi connectivity index (χ4v) is 8.46. The molecule has 3 aliphatic rings. The number of allylic oxidation sites excluding steroid dienone is 1. The normalized spacial score (nSPS) is 29.7. The molecule has 1 aromatic heterocycles. The number of anilines is 2. The van der Waals surface area contributed by atoms with Gasteiger partial charge in [-0.1, -0.05) is 19.9 Å². The van der Waals surface area contributed by atoms with Gasteiger partial charge in [-0.05, 0) is 67.7 Å². The minimum atomic E-state index is -1.56. The maximum atomic E-state index is 14.2. The quantitative estimate of drug-likeness (QED) is 0.211. The molecule has 1 amide bonds. The van der Waals surface area contributed by atoms with E-state index in [0.717, 1.165) is 5.56 Å². The molecule has 0 radical (unpaired) electrons. The molecule has 8 atom stereocenters. The third-order valence-corrected chi connectivity index (χ3v) is 10.4. The number of nitrogens with two attached hydrogens (primary N) is 1. The SMILES string of the molecule is C[C@@H]1C2C(C(=O)C3=C(O)c4c(ccc(Nc5nc(-c6ccc(F)cc6)cs5)c4O)[C@H](C)C31)C(=O)C(C(N)=O)C(O)[C@H]2N(C)C. The van der Waals surface area contributed by atoms with Crippen molar-refractivity contribution in [2.24, 2.45) is 35.3 Å². The van der Waals surface area contributed by atoms with E-state index in [0.29, 0.717) is 16.4 Å². The summed E-state index contributed by atoms with van der Waals surface area (Å²) in [6, 6.07) is 8.66. The van der Waals surface area contributed by atoms with E-state index in [-0.39, 0.29) is 40.2 Å². The summed E-state index contributed by atoms with van der Waals surface area (Å²) in [7, 11) is 3.44. The second kappa shape index (κ2) is 10.8. The summed E-state index contributed by atoms with van der Waals surface area (Å²) in [6.45, 7) is 3.79. The number of amides is 1. The number of primary amides is 1. The number of Topliss-reactive ketones (excluding diaryl/α,β-unsaturated/α-hetero) is 2. The number of aromatic hydroxyl groups is 1. The highest BCUT2D eigenvalue weighted by Crippen LogP contribution is 2.57. The van der Waals surface area contributed by atoms with Crippen molar-refractivity contribution in [2.45, 2.75) is 31.9 Å². The average Bonchev–Trinajstić information content (AvgIpc) is 3.42. The van der Waals surface area contributed by atoms with Crippen molar-refractivity contribution in [1.82, 2.24) is 9.88 Å². The summed E-state index contributed by atoms with van der Waals surface area (Å²) in [5, 5.41) is 39.5. The van der Waals surface area contributed by atoms with E-state index in [9.17, 15) is 34.1 Å². The number of hydrogen-bond donors (Lipinski definition) is 5. The molecule has 5 unspecified atom stereocenters. The zero-order valence-corrected chi connectivity index (χ0v) is 25.3. The Labute approximate surface area is 257 Å². The Kier molecular flexibility index (Phi) is 7.34. The minimum absolute atomic E-state index is 0.0320. The van der Waals surface area contributed by atoms with Crippen LogP contribution in [-0.4, -0.2) is 68.9 Å². The molecule has 10 nitrogen and oxygen atoms in total. The molecule has 3 aromatic rings. The van der Waals surface area contributed by atoms with Crippen LogP contribution in [0, 0.1) is 35.4 Å². The number of phenolic OH excluding ortho intramolecular Hbond substituents is 1. The van der Waals surface area contributed by atoms with Crippen LogP contribution in [0.3, 0.4) is 0 Å². The highest BCUT2D eigenvalue weighted by atomic mass is 32.1. The maximum absolute atomic E-state index is 14.2. The molecule has 6 N–H and O–H groups in total. The first-order valence-electron chi connectivity index (χ1n) is 14.3. The number of thiazole rings is 1. The smallest absolute Gasteiger partial charge is 0.230 e. The third-order valence-electron chi connectivity index (χ3n) is 9.66. The van der Waals surface area contributed by atoms with Crippen LogP contribution in [-0.2, 0) is 14.4 Å². The summed E-state index contributed by atoms with van der Waals surface area (Å²) in [4.78, 5) is 46.3. The number of ketones is 2. The number of phenols is 1. The Balaban J connectivity index is 1.40. The predicted octanol–water partition coefficient (Wildman–Crippen LogP) is 3.83. The van der Waals surface area contributed by atoms with Gasteiger partial charge in [0, 0.05) is 28.5 Å². The molecule has 1 heterocycles. The Hall–Kier alpha value is -4.13. The molecule has 0 bridgehead atoms. The Morgan fingerprint density at radius 1 is 1.09 bits per heavy atom. The van der Waals surface area contributed by atoms with E-state index in [2.05, 4.69) is 10.3 Å². The zero-order valence-electron chi connectivity index (χ0n) is 24.5. The Bertz CT molecular complexity index is 1720. The molecule has 2 fully saturated rings. The van der Waals surface area contributed by atoms with E-state index in [1.54, 1.807) is 48.6 Å². The molecule has 44 heavy (non-hydrogen) atoms. The van der Waals surface area contributed by atoms with E-state index in [4.69, 9.17) is 5.73 Å². The lowest BCUT2D eigenvalue weighted by Crippen LogP contribution is -2.66. The highest BCUT2D eigenvalue weighted by molar-refractivity contribution is 7.14. The van der Waals surface area contributed by atoms with E-state index in [1.165, 1.54) is 23.5 Å². The summed E-state index contributed by atoms with van der Waals surface area (Å²) < 4.78 is 13.4. The van der Waals surface area contributed by atoms with Gasteiger partial charge >= 0.3 is 0 Å². The number of halogens is 1. The van der Waals surface area contributed by atoms with Crippen molar-refractivity contribution in [3.8, 4) is 17.0 Å². The highest BCUT2D eigenvalue weighted by Gasteiger charge is 2.62. The lowest BCUT2D eigenvalue weighted by atomic mass is 9.51. The van der Waals surface area contributed by atoms with Gasteiger partial charge < -0.3 is 31.3 Å². The van der Waals surface area contributed by atoms with Gasteiger partial charge in [0.25, 0.3) is 0 Å². The number of fused-ring (bicyclic) bond motifs is 3. The van der Waals surface area contributed by atoms with Gasteiger partial charge in [-0.15, -0.1) is 11.3 Å². The molecular formula is C32H33FN4O6S. The lowest BCUT2D eigenvalue weighted by Gasteiger charge is -2.54. The first-order valence-corrected chi connectivity index (χ1v) is 15.2. The molecule has 0 saturated heterocycles. The molecular weight excluding hydrogens is 587 g/mol. The van der Waals surface area contributed by atoms with Gasteiger partial charge in [-0.2, -0.15) is 0 Å². The van der Waals surface area contributed by atoms with Gasteiger partial charge in [0.1, 0.15) is 23.2 Å². The fourth-order valence-electron chi connectivity index (χ4n) is 7.73. The van der Waals surface area contributed by atoms with E-state index < -0.39 is 59.1 Å². The number of aliphatic hydroxyl groups excluding tert-OH is 2. The topological polar surface area (TPSA) is 166 Å². The maximum Gasteiger partial charge on any atom is 0.230 e. The number of aliphatic hydroxyl groups is 2. The minimum Gasteiger partial charge on any atom is -0.507 e. The van der Waals surface area contributed by atoms with Crippen molar-refractivity contribution in [2.75, 3.05) is 19.4 Å². The molecule has 6 rings (SSSR count). The van der Waals surface area contributed by atoms with Gasteiger partial charge in [0.15, 0.2) is 16.7 Å². The summed E-state index contributed by atoms with van der Waals surface area (Å²) in [6.07, 6.45) is -1.39. The largest absolute Gasteiger partial charge is 0.507 e. The standard InChI is InChI=1S/C32H33FN4O6S/c1-12-16-9-10-17(35-32-36-18(11-44-32)14-5-7-15(33)8-6-14)26(38)21(16)27(39)22-19(12)13(2)20-23(28(22)40)29(41)24(31(34)43)30(42)25(20)37(3)4/h5-13,19-20,23-25,30,38-39,42H,1-4H3,(H2,34,43)(H,35,36)/t12-,13-,19?,20?,23?,24?,25-,30?/m0/s1. The summed E-state index contributed by atoms with van der Waals surface area (Å²) in [5.74, 6) is -8.13. The second-order valence-corrected chi connectivity index (χ2v) is 13.0. The van der Waals surface area contributed by atoms with Crippen LogP contribution in [0.1, 0.15) is 30.9 Å². The van der Waals surface area contributed by atoms with Gasteiger partial charge in [-0.25, -0.2) is 9.37 Å². The van der Waals surface area contributed by atoms with Crippen molar-refractivity contribution in [3.05, 3.63) is 64.3 Å². The first kappa shape index (κ1) is 29.9. The number of hydrogen-bond acceptors (Lipinski definition) is 10. The molecule has 2 aromatic carbocycles. The molecule has 2 saturated carbocycles. The molecule has 12 heteroatoms. The number of nitrogens with one attached hydrogen (secondary N) is 1. The van der Waals surface area contributed by atoms with Crippen LogP contribution < -0.4 is 11.1 Å². The number of nitrogens with zero attached hydrogens (tertiary/aromatic N) is 2. The van der Waals surface area contributed by atoms with Crippen molar-refractivity contribution < 1.29 is 34.1 Å². The monoisotopic (exact) mass is 620 g/mol. The summed E-state index contributed by atoms with van der Waals surface area (Å²) >= 11 is 1.27. The lowest BCUT2D eigenvalue weighted by molar-refractivity contribution is -0.160. The Morgan fingerprint density at radius 3 is 2.41 bits per heavy atom. The number of carbonyl (C=O) groups is 3. The zero-order chi connectivity index (χ0) is 31.8. The van der Waals surface area contributed by atoms with Crippen LogP contribution in [0.4, 0.5) is 15.2 Å². The third kappa shape index (κ3) is 4.42. The van der Waals surface area contributed by atoms with Gasteiger partial charge in [-0.3, -0.25) is 14.4 Å². The number of aromatic nitrogens is 1. The molecule has 3 aliphatic carbocycles. The van der Waals surface area contributed by atoms with Gasteiger partial charge in [0.2, 0.25) is 5.91 Å². The first-order chi connectivity index (χ1) is 20.8. The fraction of sp³-hybridized carbons (Fsp3) is 0.375. The van der Waals surface area contributed by atoms with E-state index in [1.807, 2.05) is 13.8 Å². The average molecular weight is 621 g/mol. The summed E-state index contributed by atoms with van der Waals surface area (Å²) in [5.41, 5.74) is 7.85. The number of likely N-dealkylation sites (N-methyl/N-ethyl adjacent to an activating group) is 1. The van der Waals surface area contributed by atoms with Gasteiger partial charge in [0.05, 0.1) is 29.0 Å². The second-order valence-electron chi connectivity index (χ2n) is 12.2. The van der Waals surface area contributed by atoms with Crippen molar-refractivity contribution in [3.63, 3.8) is 0 Å². The van der Waals surface area contributed by atoms with Crippen LogP contribution in [0.25, 0.3) is 17.0 Å². The van der Waals surface area contributed by atoms with Crippen LogP contribution >= 0.6 is 11.3 Å². The Morgan fingerprint density at radius 2 is 1.77 bits per heavy atom. The van der Waals surface area contributed by atoms with Crippen molar-refractivity contribution >= 4 is 45.4 Å². The number of carbonyl (C=O) groups excluding carboxylic acids is 3. The van der Waals surface area contributed by atoms with Crippen LogP contribution in [0.2, 0.25) is 0 Å². The van der Waals surface area contributed by atoms with Crippen molar-refractivity contribution in [1.29, 1.82) is 0 Å². The predicted molar refractivity (Wildman–Crippen MR) is 163 cm³/mol. The molecule has 0 aliphatic heterocycles. The van der Waals surface area contributed by atoms with Crippen LogP contribution in [0.15, 0.2) is 47.4 Å². The van der Waals surface area contributed by atoms with Crippen LogP contribution in [0.5, 0.6) is 5.75 Å². The number of benzene rings is 2. The molecule has 230 valence electrons. The van der Waals surface area contributed by atoms with E-state index >= 15 is 0 Å².